The third-order valence-electron chi connectivity index (χ3n) is 3.96. The molecule has 0 saturated heterocycles. The normalized spacial score (nSPS) is 33.5. The first kappa shape index (κ1) is 10.0. The fraction of sp³-hybridized carbons (Fsp3) is 1.00. The first-order chi connectivity index (χ1) is 5.48. The summed E-state index contributed by atoms with van der Waals surface area (Å²) in [7, 11) is 0. The first-order valence-corrected chi connectivity index (χ1v) is 5.20. The molecule has 12 heavy (non-hydrogen) atoms. The molecule has 1 aliphatic rings. The predicted molar refractivity (Wildman–Crippen MR) is 52.0 cm³/mol. The van der Waals surface area contributed by atoms with E-state index in [2.05, 4.69) is 27.7 Å². The Morgan fingerprint density at radius 3 is 1.75 bits per heavy atom. The van der Waals surface area contributed by atoms with E-state index in [1.807, 2.05) is 0 Å². The predicted octanol–water partition coefficient (Wildman–Crippen LogP) is 2.97. The van der Waals surface area contributed by atoms with Crippen molar-refractivity contribution in [2.45, 2.75) is 59.0 Å². The van der Waals surface area contributed by atoms with Crippen molar-refractivity contribution >= 4 is 0 Å². The Kier molecular flexibility index (Phi) is 2.53. The molecule has 72 valence electrons. The van der Waals surface area contributed by atoms with Crippen LogP contribution in [0.15, 0.2) is 0 Å². The molecule has 1 fully saturated rings. The lowest BCUT2D eigenvalue weighted by Crippen LogP contribution is -2.58. The van der Waals surface area contributed by atoms with Gasteiger partial charge in [0.2, 0.25) is 0 Å². The topological polar surface area (TPSA) is 20.2 Å². The van der Waals surface area contributed by atoms with Gasteiger partial charge in [-0.3, -0.25) is 0 Å². The molecule has 1 saturated carbocycles. The van der Waals surface area contributed by atoms with E-state index in [0.29, 0.717) is 5.92 Å². The summed E-state index contributed by atoms with van der Waals surface area (Å²) >= 11 is 0. The fourth-order valence-corrected chi connectivity index (χ4v) is 2.60. The van der Waals surface area contributed by atoms with E-state index >= 15 is 0 Å². The van der Waals surface area contributed by atoms with Crippen LogP contribution in [0.3, 0.4) is 0 Å². The molecule has 0 spiro atoms. The molecule has 0 aromatic rings. The summed E-state index contributed by atoms with van der Waals surface area (Å²) in [5.41, 5.74) is -0.208. The van der Waals surface area contributed by atoms with Gasteiger partial charge in [-0.2, -0.15) is 0 Å². The van der Waals surface area contributed by atoms with E-state index in [-0.39, 0.29) is 11.0 Å². The molecule has 0 aliphatic heterocycles. The highest BCUT2D eigenvalue weighted by atomic mass is 16.3. The van der Waals surface area contributed by atoms with E-state index in [0.717, 1.165) is 19.3 Å². The minimum atomic E-state index is -0.365. The zero-order chi connectivity index (χ0) is 9.41. The second kappa shape index (κ2) is 3.02. The van der Waals surface area contributed by atoms with Gasteiger partial charge in [-0.05, 0) is 24.2 Å². The maximum absolute atomic E-state index is 10.4. The second-order valence-corrected chi connectivity index (χ2v) is 4.82. The summed E-state index contributed by atoms with van der Waals surface area (Å²) in [4.78, 5) is 0. The number of aliphatic hydroxyl groups is 1. The van der Waals surface area contributed by atoms with Crippen LogP contribution in [0.4, 0.5) is 0 Å². The van der Waals surface area contributed by atoms with Gasteiger partial charge in [0.25, 0.3) is 0 Å². The van der Waals surface area contributed by atoms with Crippen molar-refractivity contribution in [2.24, 2.45) is 11.3 Å². The summed E-state index contributed by atoms with van der Waals surface area (Å²) in [6, 6.07) is 0. The van der Waals surface area contributed by atoms with Gasteiger partial charge in [0.05, 0.1) is 5.60 Å². The lowest BCUT2D eigenvalue weighted by molar-refractivity contribution is -0.187. The van der Waals surface area contributed by atoms with Crippen LogP contribution in [-0.4, -0.2) is 10.7 Å². The number of hydrogen-bond acceptors (Lipinski definition) is 1. The summed E-state index contributed by atoms with van der Waals surface area (Å²) in [5.74, 6) is 0.501. The first-order valence-electron chi connectivity index (χ1n) is 5.20. The van der Waals surface area contributed by atoms with Crippen molar-refractivity contribution in [2.75, 3.05) is 0 Å². The van der Waals surface area contributed by atoms with Crippen LogP contribution in [0.2, 0.25) is 0 Å². The Morgan fingerprint density at radius 1 is 1.17 bits per heavy atom. The lowest BCUT2D eigenvalue weighted by atomic mass is 9.53. The number of hydrogen-bond donors (Lipinski definition) is 1. The monoisotopic (exact) mass is 170 g/mol. The molecule has 1 unspecified atom stereocenters. The standard InChI is InChI=1S/C11H22O/c1-5-9(6-2)11(12)8-7-10(11,3)4/h9,12H,5-8H2,1-4H3. The third kappa shape index (κ3) is 1.19. The van der Waals surface area contributed by atoms with E-state index < -0.39 is 0 Å². The lowest BCUT2D eigenvalue weighted by Gasteiger charge is -2.56. The highest BCUT2D eigenvalue weighted by Crippen LogP contribution is 2.54. The van der Waals surface area contributed by atoms with Gasteiger partial charge in [-0.25, -0.2) is 0 Å². The van der Waals surface area contributed by atoms with E-state index in [9.17, 15) is 5.11 Å². The van der Waals surface area contributed by atoms with Crippen molar-refractivity contribution in [1.82, 2.24) is 0 Å². The van der Waals surface area contributed by atoms with Crippen LogP contribution in [-0.2, 0) is 0 Å². The highest BCUT2D eigenvalue weighted by Gasteiger charge is 2.54. The van der Waals surface area contributed by atoms with Crippen molar-refractivity contribution in [3.8, 4) is 0 Å². The molecule has 0 amide bonds. The van der Waals surface area contributed by atoms with Gasteiger partial charge < -0.3 is 5.11 Å². The van der Waals surface area contributed by atoms with Crippen LogP contribution in [0.1, 0.15) is 53.4 Å². The summed E-state index contributed by atoms with van der Waals surface area (Å²) in [6.07, 6.45) is 4.40. The van der Waals surface area contributed by atoms with E-state index in [4.69, 9.17) is 0 Å². The Balaban J connectivity index is 2.71. The maximum atomic E-state index is 10.4. The smallest absolute Gasteiger partial charge is 0.0726 e. The van der Waals surface area contributed by atoms with Crippen molar-refractivity contribution < 1.29 is 5.11 Å². The average molecular weight is 170 g/mol. The minimum Gasteiger partial charge on any atom is -0.389 e. The molecule has 1 atom stereocenters. The minimum absolute atomic E-state index is 0.156. The molecule has 1 heteroatoms. The SMILES string of the molecule is CCC(CC)C1(O)CCC1(C)C. The van der Waals surface area contributed by atoms with Gasteiger partial charge in [0.1, 0.15) is 0 Å². The Labute approximate surface area is 76.2 Å². The molecule has 1 aliphatic carbocycles. The third-order valence-corrected chi connectivity index (χ3v) is 3.96. The molecule has 1 N–H and O–H groups in total. The largest absolute Gasteiger partial charge is 0.389 e. The van der Waals surface area contributed by atoms with Crippen molar-refractivity contribution in [3.05, 3.63) is 0 Å². The van der Waals surface area contributed by atoms with Crippen LogP contribution in [0.5, 0.6) is 0 Å². The van der Waals surface area contributed by atoms with Gasteiger partial charge in [0.15, 0.2) is 0 Å². The quantitative estimate of drug-likeness (QED) is 0.690. The van der Waals surface area contributed by atoms with Crippen LogP contribution in [0, 0.1) is 11.3 Å². The summed E-state index contributed by atoms with van der Waals surface area (Å²) in [5, 5.41) is 10.4. The van der Waals surface area contributed by atoms with Crippen molar-refractivity contribution in [3.63, 3.8) is 0 Å². The van der Waals surface area contributed by atoms with Crippen LogP contribution < -0.4 is 0 Å². The molecule has 1 nitrogen and oxygen atoms in total. The molecule has 0 heterocycles. The Hall–Kier alpha value is -0.0400. The number of rotatable bonds is 3. The van der Waals surface area contributed by atoms with Crippen LogP contribution >= 0.6 is 0 Å². The maximum Gasteiger partial charge on any atom is 0.0726 e. The average Bonchev–Trinajstić information content (AvgIpc) is 2.04. The molecule has 0 bridgehead atoms. The second-order valence-electron chi connectivity index (χ2n) is 4.82. The summed E-state index contributed by atoms with van der Waals surface area (Å²) in [6.45, 7) is 8.74. The van der Waals surface area contributed by atoms with Gasteiger partial charge in [0, 0.05) is 0 Å². The summed E-state index contributed by atoms with van der Waals surface area (Å²) < 4.78 is 0. The zero-order valence-electron chi connectivity index (χ0n) is 8.85. The van der Waals surface area contributed by atoms with E-state index in [1.165, 1.54) is 6.42 Å². The van der Waals surface area contributed by atoms with Gasteiger partial charge >= 0.3 is 0 Å². The Morgan fingerprint density at radius 2 is 1.67 bits per heavy atom. The van der Waals surface area contributed by atoms with Crippen molar-refractivity contribution in [1.29, 1.82) is 0 Å². The van der Waals surface area contributed by atoms with E-state index in [1.54, 1.807) is 0 Å². The van der Waals surface area contributed by atoms with Gasteiger partial charge in [-0.1, -0.05) is 40.5 Å². The highest BCUT2D eigenvalue weighted by molar-refractivity contribution is 5.05. The molecule has 0 radical (unpaired) electrons. The molecule has 0 aromatic heterocycles. The molecule has 0 aromatic carbocycles. The molecular weight excluding hydrogens is 148 g/mol. The van der Waals surface area contributed by atoms with Gasteiger partial charge in [-0.15, -0.1) is 0 Å². The Bertz CT molecular complexity index is 158. The molecular formula is C11H22O. The van der Waals surface area contributed by atoms with Crippen LogP contribution in [0.25, 0.3) is 0 Å². The zero-order valence-corrected chi connectivity index (χ0v) is 8.85. The fourth-order valence-electron chi connectivity index (χ4n) is 2.60. The molecule has 1 rings (SSSR count).